The number of rotatable bonds is 4. The van der Waals surface area contributed by atoms with Crippen molar-refractivity contribution in [3.05, 3.63) is 36.7 Å². The largest absolute Gasteiger partial charge is 0.356 e. The molecule has 1 N–H and O–H groups in total. The van der Waals surface area contributed by atoms with E-state index >= 15 is 0 Å². The summed E-state index contributed by atoms with van der Waals surface area (Å²) in [6.07, 6.45) is 5.85. The summed E-state index contributed by atoms with van der Waals surface area (Å²) in [4.78, 5) is 5.54. The highest BCUT2D eigenvalue weighted by atomic mass is 32.2. The van der Waals surface area contributed by atoms with Gasteiger partial charge in [0.15, 0.2) is 0 Å². The van der Waals surface area contributed by atoms with Crippen LogP contribution >= 0.6 is 11.8 Å². The lowest BCUT2D eigenvalue weighted by atomic mass is 10.3. The van der Waals surface area contributed by atoms with E-state index in [1.54, 1.807) is 18.0 Å². The number of nitrogens with one attached hydrogen (secondary N) is 1. The lowest BCUT2D eigenvalue weighted by Crippen LogP contribution is -2.04. The number of nitrogens with zero attached hydrogens (tertiary/aromatic N) is 2. The van der Waals surface area contributed by atoms with Crippen molar-refractivity contribution in [2.45, 2.75) is 11.8 Å². The van der Waals surface area contributed by atoms with Crippen molar-refractivity contribution in [1.82, 2.24) is 9.55 Å². The first-order valence-electron chi connectivity index (χ1n) is 5.26. The minimum Gasteiger partial charge on any atom is -0.356 e. The fourth-order valence-electron chi connectivity index (χ4n) is 1.54. The minimum absolute atomic E-state index is 0.875. The second-order valence-corrected chi connectivity index (χ2v) is 4.23. The smallest absolute Gasteiger partial charge is 0.207 e. The summed E-state index contributed by atoms with van der Waals surface area (Å²) in [5.74, 6) is 0.888. The van der Waals surface area contributed by atoms with E-state index in [0.29, 0.717) is 0 Å². The van der Waals surface area contributed by atoms with Crippen LogP contribution in [0.3, 0.4) is 0 Å². The molecule has 0 radical (unpaired) electrons. The van der Waals surface area contributed by atoms with Crippen LogP contribution in [0, 0.1) is 0 Å². The Morgan fingerprint density at radius 3 is 2.69 bits per heavy atom. The van der Waals surface area contributed by atoms with Gasteiger partial charge < -0.3 is 5.32 Å². The third-order valence-electron chi connectivity index (χ3n) is 2.33. The molecule has 0 aliphatic heterocycles. The Labute approximate surface area is 99.9 Å². The van der Waals surface area contributed by atoms with E-state index < -0.39 is 0 Å². The van der Waals surface area contributed by atoms with Crippen LogP contribution in [0.4, 0.5) is 5.95 Å². The molecule has 1 aromatic carbocycles. The third kappa shape index (κ3) is 2.22. The van der Waals surface area contributed by atoms with Gasteiger partial charge in [-0.15, -0.1) is 11.8 Å². The third-order valence-corrected chi connectivity index (χ3v) is 3.07. The number of hydrogen-bond acceptors (Lipinski definition) is 3. The molecular weight excluding hydrogens is 218 g/mol. The lowest BCUT2D eigenvalue weighted by molar-refractivity contribution is 1.02. The predicted octanol–water partition coefficient (Wildman–Crippen LogP) is 3.03. The quantitative estimate of drug-likeness (QED) is 0.823. The first kappa shape index (κ1) is 11.1. The summed E-state index contributed by atoms with van der Waals surface area (Å²) in [6.45, 7) is 2.94. The van der Waals surface area contributed by atoms with E-state index in [4.69, 9.17) is 0 Å². The average molecular weight is 233 g/mol. The molecule has 0 atom stereocenters. The molecule has 0 saturated heterocycles. The zero-order valence-electron chi connectivity index (χ0n) is 9.47. The normalized spacial score (nSPS) is 10.4. The highest BCUT2D eigenvalue weighted by Crippen LogP contribution is 2.19. The van der Waals surface area contributed by atoms with Crippen LogP contribution in [0.2, 0.25) is 0 Å². The Balaban J connectivity index is 2.31. The summed E-state index contributed by atoms with van der Waals surface area (Å²) in [5, 5.41) is 3.23. The van der Waals surface area contributed by atoms with E-state index in [0.717, 1.165) is 18.2 Å². The molecule has 0 spiro atoms. The summed E-state index contributed by atoms with van der Waals surface area (Å²) in [6, 6.07) is 8.45. The molecule has 2 rings (SSSR count). The maximum Gasteiger partial charge on any atom is 0.207 e. The summed E-state index contributed by atoms with van der Waals surface area (Å²) < 4.78 is 2.05. The highest BCUT2D eigenvalue weighted by Gasteiger charge is 2.02. The maximum atomic E-state index is 4.27. The molecule has 0 unspecified atom stereocenters. The van der Waals surface area contributed by atoms with Gasteiger partial charge >= 0.3 is 0 Å². The molecule has 2 aromatic rings. The molecule has 16 heavy (non-hydrogen) atoms. The Morgan fingerprint density at radius 2 is 2.06 bits per heavy atom. The Bertz CT molecular complexity index is 448. The van der Waals surface area contributed by atoms with Crippen molar-refractivity contribution in [3.63, 3.8) is 0 Å². The van der Waals surface area contributed by atoms with E-state index in [9.17, 15) is 0 Å². The molecule has 1 heterocycles. The van der Waals surface area contributed by atoms with Crippen LogP contribution < -0.4 is 5.32 Å². The fraction of sp³-hybridized carbons (Fsp3) is 0.250. The van der Waals surface area contributed by atoms with E-state index in [1.165, 1.54) is 4.90 Å². The van der Waals surface area contributed by atoms with E-state index in [1.807, 2.05) is 10.8 Å². The maximum absolute atomic E-state index is 4.27. The highest BCUT2D eigenvalue weighted by molar-refractivity contribution is 7.98. The van der Waals surface area contributed by atoms with Gasteiger partial charge in [0.05, 0.1) is 0 Å². The Hall–Kier alpha value is -1.42. The van der Waals surface area contributed by atoms with Crippen molar-refractivity contribution in [2.24, 2.45) is 0 Å². The average Bonchev–Trinajstić information content (AvgIpc) is 2.78. The molecule has 0 fully saturated rings. The molecule has 84 valence electrons. The molecule has 0 aliphatic rings. The second-order valence-electron chi connectivity index (χ2n) is 3.35. The molecule has 1 aromatic heterocycles. The second kappa shape index (κ2) is 5.07. The van der Waals surface area contributed by atoms with Gasteiger partial charge in [0.25, 0.3) is 0 Å². The van der Waals surface area contributed by atoms with Crippen molar-refractivity contribution in [1.29, 1.82) is 0 Å². The fourth-order valence-corrected chi connectivity index (χ4v) is 1.95. The van der Waals surface area contributed by atoms with Crippen LogP contribution in [0.25, 0.3) is 5.69 Å². The van der Waals surface area contributed by atoms with Gasteiger partial charge in [-0.1, -0.05) is 0 Å². The van der Waals surface area contributed by atoms with Gasteiger partial charge in [0.1, 0.15) is 0 Å². The van der Waals surface area contributed by atoms with Crippen molar-refractivity contribution < 1.29 is 0 Å². The first-order valence-corrected chi connectivity index (χ1v) is 6.49. The predicted molar refractivity (Wildman–Crippen MR) is 69.5 cm³/mol. The number of aromatic nitrogens is 2. The molecular formula is C12H15N3S. The van der Waals surface area contributed by atoms with Crippen LogP contribution in [0.15, 0.2) is 41.6 Å². The zero-order valence-corrected chi connectivity index (χ0v) is 10.3. The van der Waals surface area contributed by atoms with Crippen molar-refractivity contribution in [2.75, 3.05) is 18.1 Å². The number of benzene rings is 1. The zero-order chi connectivity index (χ0) is 11.4. The van der Waals surface area contributed by atoms with Crippen molar-refractivity contribution in [3.8, 4) is 5.69 Å². The lowest BCUT2D eigenvalue weighted by Gasteiger charge is -2.08. The Kier molecular flexibility index (Phi) is 3.51. The number of anilines is 1. The van der Waals surface area contributed by atoms with Gasteiger partial charge in [0.2, 0.25) is 5.95 Å². The molecule has 0 saturated carbocycles. The monoisotopic (exact) mass is 233 g/mol. The topological polar surface area (TPSA) is 29.9 Å². The first-order chi connectivity index (χ1) is 7.85. The van der Waals surface area contributed by atoms with Gasteiger partial charge in [-0.25, -0.2) is 4.98 Å². The summed E-state index contributed by atoms with van der Waals surface area (Å²) >= 11 is 1.75. The van der Waals surface area contributed by atoms with Crippen LogP contribution in [0.5, 0.6) is 0 Å². The summed E-state index contributed by atoms with van der Waals surface area (Å²) in [7, 11) is 0. The SMILES string of the molecule is CCNc1nccn1-c1ccc(SC)cc1. The van der Waals surface area contributed by atoms with E-state index in [2.05, 4.69) is 47.7 Å². The van der Waals surface area contributed by atoms with Crippen LogP contribution in [0.1, 0.15) is 6.92 Å². The summed E-state index contributed by atoms with van der Waals surface area (Å²) in [5.41, 5.74) is 1.13. The van der Waals surface area contributed by atoms with Crippen molar-refractivity contribution >= 4 is 17.7 Å². The Morgan fingerprint density at radius 1 is 1.31 bits per heavy atom. The van der Waals surface area contributed by atoms with Crippen LogP contribution in [-0.4, -0.2) is 22.4 Å². The van der Waals surface area contributed by atoms with Crippen LogP contribution in [-0.2, 0) is 0 Å². The molecule has 0 bridgehead atoms. The molecule has 4 heteroatoms. The molecule has 0 amide bonds. The number of thioether (sulfide) groups is 1. The number of imidazole rings is 1. The minimum atomic E-state index is 0.875. The molecule has 3 nitrogen and oxygen atoms in total. The van der Waals surface area contributed by atoms with E-state index in [-0.39, 0.29) is 0 Å². The number of hydrogen-bond donors (Lipinski definition) is 1. The van der Waals surface area contributed by atoms with Gasteiger partial charge in [0, 0.05) is 29.5 Å². The standard InChI is InChI=1S/C12H15N3S/c1-3-13-12-14-8-9-15(12)10-4-6-11(16-2)7-5-10/h4-9H,3H2,1-2H3,(H,13,14). The van der Waals surface area contributed by atoms with Gasteiger partial charge in [-0.3, -0.25) is 4.57 Å². The molecule has 0 aliphatic carbocycles. The van der Waals surface area contributed by atoms with Gasteiger partial charge in [-0.05, 0) is 37.4 Å². The van der Waals surface area contributed by atoms with Gasteiger partial charge in [-0.2, -0.15) is 0 Å².